The van der Waals surface area contributed by atoms with Crippen molar-refractivity contribution in [2.24, 2.45) is 0 Å². The fourth-order valence-electron chi connectivity index (χ4n) is 6.89. The predicted molar refractivity (Wildman–Crippen MR) is 167 cm³/mol. The summed E-state index contributed by atoms with van der Waals surface area (Å²) < 4.78 is 8.90. The van der Waals surface area contributed by atoms with E-state index in [9.17, 15) is 0 Å². The molecule has 0 N–H and O–H groups in total. The molecule has 184 valence electrons. The van der Waals surface area contributed by atoms with Crippen molar-refractivity contribution in [3.05, 3.63) is 121 Å². The molecule has 0 aliphatic heterocycles. The number of fused-ring (bicyclic) bond motifs is 11. The van der Waals surface area contributed by atoms with Crippen LogP contribution in [0.15, 0.2) is 126 Å². The monoisotopic (exact) mass is 508 g/mol. The number of nitrogens with zero attached hydrogens (tertiary/aromatic N) is 2. The third-order valence-corrected chi connectivity index (χ3v) is 8.69. The number of pyridine rings is 1. The fourth-order valence-corrected chi connectivity index (χ4v) is 6.89. The highest BCUT2D eigenvalue weighted by Gasteiger charge is 2.20. The molecule has 6 aromatic carbocycles. The van der Waals surface area contributed by atoms with Crippen molar-refractivity contribution in [1.82, 2.24) is 9.38 Å². The van der Waals surface area contributed by atoms with E-state index in [0.29, 0.717) is 0 Å². The molecule has 4 aromatic heterocycles. The summed E-state index contributed by atoms with van der Waals surface area (Å²) in [5, 5.41) is 10.8. The van der Waals surface area contributed by atoms with Crippen molar-refractivity contribution in [3.63, 3.8) is 0 Å². The van der Waals surface area contributed by atoms with Crippen LogP contribution in [0.3, 0.4) is 0 Å². The number of hydrogen-bond donors (Lipinski definition) is 0. The molecule has 0 unspecified atom stereocenters. The van der Waals surface area contributed by atoms with Crippen LogP contribution in [0.1, 0.15) is 0 Å². The molecule has 0 spiro atoms. The van der Waals surface area contributed by atoms with Gasteiger partial charge in [-0.25, -0.2) is 4.98 Å². The second-order valence-electron chi connectivity index (χ2n) is 10.8. The summed E-state index contributed by atoms with van der Waals surface area (Å²) in [6.07, 6.45) is 0. The van der Waals surface area contributed by atoms with Gasteiger partial charge in [-0.05, 0) is 52.2 Å². The van der Waals surface area contributed by atoms with E-state index in [4.69, 9.17) is 9.40 Å². The van der Waals surface area contributed by atoms with Gasteiger partial charge in [-0.3, -0.25) is 4.40 Å². The Hall–Kier alpha value is -5.41. The summed E-state index contributed by atoms with van der Waals surface area (Å²) in [5.74, 6) is 0. The molecule has 0 amide bonds. The second kappa shape index (κ2) is 7.16. The van der Waals surface area contributed by atoms with Crippen LogP contribution in [0.25, 0.3) is 93.0 Å². The Kier molecular flexibility index (Phi) is 3.68. The SMILES string of the molecule is c1ccc2nc3c(cc2c1)c1cccc2c4cc5c(cc4n3c21)oc1cc(-c2cccc3ccccc23)ccc15. The lowest BCUT2D eigenvalue weighted by Crippen LogP contribution is -1.86. The third kappa shape index (κ3) is 2.52. The summed E-state index contributed by atoms with van der Waals surface area (Å²) in [6, 6.07) is 43.4. The average molecular weight is 509 g/mol. The first-order chi connectivity index (χ1) is 19.8. The zero-order valence-electron chi connectivity index (χ0n) is 21.3. The molecular formula is C37H20N2O. The van der Waals surface area contributed by atoms with E-state index in [0.717, 1.165) is 49.6 Å². The maximum Gasteiger partial charge on any atom is 0.146 e. The highest BCUT2D eigenvalue weighted by Crippen LogP contribution is 2.42. The molecule has 0 aliphatic carbocycles. The summed E-state index contributed by atoms with van der Waals surface area (Å²) in [7, 11) is 0. The molecule has 10 rings (SSSR count). The van der Waals surface area contributed by atoms with Crippen LogP contribution in [0, 0.1) is 0 Å². The van der Waals surface area contributed by atoms with Gasteiger partial charge in [-0.2, -0.15) is 0 Å². The van der Waals surface area contributed by atoms with Gasteiger partial charge in [0, 0.05) is 43.8 Å². The predicted octanol–water partition coefficient (Wildman–Crippen LogP) is 10.1. The van der Waals surface area contributed by atoms with E-state index in [2.05, 4.69) is 126 Å². The Morgan fingerprint density at radius 1 is 0.500 bits per heavy atom. The molecule has 10 aromatic rings. The zero-order valence-corrected chi connectivity index (χ0v) is 21.3. The number of para-hydroxylation sites is 2. The van der Waals surface area contributed by atoms with Crippen LogP contribution >= 0.6 is 0 Å². The second-order valence-corrected chi connectivity index (χ2v) is 10.8. The normalized spacial score (nSPS) is 12.5. The maximum absolute atomic E-state index is 6.57. The molecule has 0 aliphatic rings. The molecule has 0 saturated carbocycles. The molecule has 40 heavy (non-hydrogen) atoms. The van der Waals surface area contributed by atoms with Gasteiger partial charge >= 0.3 is 0 Å². The molecule has 0 bridgehead atoms. The molecule has 3 heteroatoms. The van der Waals surface area contributed by atoms with Crippen LogP contribution in [0.5, 0.6) is 0 Å². The van der Waals surface area contributed by atoms with Crippen molar-refractivity contribution in [3.8, 4) is 11.1 Å². The van der Waals surface area contributed by atoms with Crippen LogP contribution in [-0.4, -0.2) is 9.38 Å². The van der Waals surface area contributed by atoms with E-state index < -0.39 is 0 Å². The Morgan fingerprint density at radius 2 is 1.25 bits per heavy atom. The Morgan fingerprint density at radius 3 is 2.20 bits per heavy atom. The maximum atomic E-state index is 6.57. The lowest BCUT2D eigenvalue weighted by Gasteiger charge is -2.06. The first-order valence-electron chi connectivity index (χ1n) is 13.6. The standard InChI is InChI=1S/C37H20N2O/c1-3-10-24-21(7-1)9-5-11-25(24)22-15-16-26-30-19-29-27-12-6-13-28-31-17-23-8-2-4-14-32(23)38-37(31)39(36(27)28)33(29)20-35(30)40-34(26)18-22/h1-20H. The summed E-state index contributed by atoms with van der Waals surface area (Å²) in [4.78, 5) is 5.14. The minimum atomic E-state index is 0.896. The van der Waals surface area contributed by atoms with E-state index in [1.54, 1.807) is 0 Å². The highest BCUT2D eigenvalue weighted by atomic mass is 16.3. The number of benzene rings is 6. The lowest BCUT2D eigenvalue weighted by molar-refractivity contribution is 0.669. The Labute approximate surface area is 227 Å². The van der Waals surface area contributed by atoms with Crippen molar-refractivity contribution in [2.75, 3.05) is 0 Å². The van der Waals surface area contributed by atoms with E-state index in [1.807, 2.05) is 0 Å². The average Bonchev–Trinajstić information content (AvgIpc) is 3.64. The summed E-state index contributed by atoms with van der Waals surface area (Å²) >= 11 is 0. The van der Waals surface area contributed by atoms with Crippen molar-refractivity contribution < 1.29 is 4.42 Å². The molecule has 0 saturated heterocycles. The van der Waals surface area contributed by atoms with E-state index in [1.165, 1.54) is 43.4 Å². The number of aromatic nitrogens is 2. The first-order valence-corrected chi connectivity index (χ1v) is 13.6. The lowest BCUT2D eigenvalue weighted by atomic mass is 9.97. The van der Waals surface area contributed by atoms with Crippen molar-refractivity contribution in [2.45, 2.75) is 0 Å². The third-order valence-electron chi connectivity index (χ3n) is 8.69. The smallest absolute Gasteiger partial charge is 0.146 e. The Bertz CT molecular complexity index is 2650. The molecule has 0 radical (unpaired) electrons. The fraction of sp³-hybridized carbons (Fsp3) is 0. The van der Waals surface area contributed by atoms with Crippen LogP contribution < -0.4 is 0 Å². The molecule has 4 heterocycles. The minimum Gasteiger partial charge on any atom is -0.456 e. The van der Waals surface area contributed by atoms with E-state index >= 15 is 0 Å². The number of furan rings is 1. The molecule has 0 atom stereocenters. The molecule has 0 fully saturated rings. The van der Waals surface area contributed by atoms with Crippen LogP contribution in [0.4, 0.5) is 0 Å². The highest BCUT2D eigenvalue weighted by molar-refractivity contribution is 6.26. The van der Waals surface area contributed by atoms with Gasteiger partial charge in [0.05, 0.1) is 16.6 Å². The van der Waals surface area contributed by atoms with Gasteiger partial charge in [0.1, 0.15) is 16.8 Å². The Balaban J connectivity index is 1.28. The topological polar surface area (TPSA) is 30.4 Å². The van der Waals surface area contributed by atoms with E-state index in [-0.39, 0.29) is 0 Å². The number of hydrogen-bond acceptors (Lipinski definition) is 2. The van der Waals surface area contributed by atoms with Crippen LogP contribution in [0.2, 0.25) is 0 Å². The van der Waals surface area contributed by atoms with Crippen molar-refractivity contribution in [1.29, 1.82) is 0 Å². The number of rotatable bonds is 1. The van der Waals surface area contributed by atoms with Crippen LogP contribution in [-0.2, 0) is 0 Å². The molecular weight excluding hydrogens is 488 g/mol. The van der Waals surface area contributed by atoms with Gasteiger partial charge in [0.15, 0.2) is 0 Å². The van der Waals surface area contributed by atoms with Gasteiger partial charge in [0.25, 0.3) is 0 Å². The van der Waals surface area contributed by atoms with Gasteiger partial charge in [-0.15, -0.1) is 0 Å². The minimum absolute atomic E-state index is 0.896. The summed E-state index contributed by atoms with van der Waals surface area (Å²) in [5.41, 5.74) is 8.54. The van der Waals surface area contributed by atoms with Gasteiger partial charge < -0.3 is 4.42 Å². The summed E-state index contributed by atoms with van der Waals surface area (Å²) in [6.45, 7) is 0. The zero-order chi connectivity index (χ0) is 25.9. The van der Waals surface area contributed by atoms with Crippen molar-refractivity contribution >= 4 is 81.8 Å². The quantitative estimate of drug-likeness (QED) is 0.221. The van der Waals surface area contributed by atoms with Gasteiger partial charge in [-0.1, -0.05) is 84.9 Å². The first kappa shape index (κ1) is 20.5. The largest absolute Gasteiger partial charge is 0.456 e. The van der Waals surface area contributed by atoms with Gasteiger partial charge in [0.2, 0.25) is 0 Å². The molecule has 3 nitrogen and oxygen atoms in total.